The number of H-pyrrole nitrogens is 1. The van der Waals surface area contributed by atoms with Gasteiger partial charge in [-0.05, 0) is 18.2 Å². The Bertz CT molecular complexity index is 661. The highest BCUT2D eigenvalue weighted by Gasteiger charge is 2.09. The van der Waals surface area contributed by atoms with Crippen LogP contribution >= 0.6 is 15.9 Å². The lowest BCUT2D eigenvalue weighted by Crippen LogP contribution is -2.15. The summed E-state index contributed by atoms with van der Waals surface area (Å²) >= 11 is 3.44. The van der Waals surface area contributed by atoms with Gasteiger partial charge in [0.1, 0.15) is 0 Å². The van der Waals surface area contributed by atoms with Gasteiger partial charge in [0.15, 0.2) is 0 Å². The minimum Gasteiger partial charge on any atom is -0.313 e. The molecule has 0 amide bonds. The van der Waals surface area contributed by atoms with Gasteiger partial charge in [0, 0.05) is 28.0 Å². The van der Waals surface area contributed by atoms with Crippen LogP contribution in [0.3, 0.4) is 0 Å². The molecule has 0 aromatic carbocycles. The van der Waals surface area contributed by atoms with Crippen molar-refractivity contribution in [2.45, 2.75) is 0 Å². The molecule has 0 bridgehead atoms. The number of aromatic amines is 1. The molecule has 0 unspecified atom stereocenters. The smallest absolute Gasteiger partial charge is 0.313 e. The van der Waals surface area contributed by atoms with Crippen LogP contribution in [0.25, 0.3) is 17.7 Å². The largest absolute Gasteiger partial charge is 0.330 e. The summed E-state index contributed by atoms with van der Waals surface area (Å²) in [6, 6.07) is 1.93. The fourth-order valence-corrected chi connectivity index (χ4v) is 2.19. The summed E-state index contributed by atoms with van der Waals surface area (Å²) in [5, 5.41) is 0. The molecular weight excluding hydrogens is 256 g/mol. The monoisotopic (exact) mass is 262 g/mol. The Hall–Kier alpha value is -1.55. The van der Waals surface area contributed by atoms with Gasteiger partial charge in [0.2, 0.25) is 0 Å². The second-order valence-corrected chi connectivity index (χ2v) is 4.32. The highest BCUT2D eigenvalue weighted by molar-refractivity contribution is 9.12. The number of nitrogens with zero attached hydrogens (tertiary/aromatic N) is 1. The van der Waals surface area contributed by atoms with Crippen LogP contribution in [0.15, 0.2) is 33.8 Å². The molecular formula is C11H7BrN2O. The Balaban J connectivity index is 2.56. The molecule has 0 saturated carbocycles. The topological polar surface area (TPSA) is 37.3 Å². The number of hydrogen-bond donors (Lipinski definition) is 1. The molecule has 2 aromatic rings. The van der Waals surface area contributed by atoms with Crippen molar-refractivity contribution in [2.24, 2.45) is 0 Å². The molecule has 3 nitrogen and oxygen atoms in total. The van der Waals surface area contributed by atoms with E-state index < -0.39 is 0 Å². The average Bonchev–Trinajstić information content (AvgIpc) is 2.57. The number of allylic oxidation sites excluding steroid dienone is 2. The van der Waals surface area contributed by atoms with Gasteiger partial charge >= 0.3 is 5.69 Å². The van der Waals surface area contributed by atoms with Crippen molar-refractivity contribution < 1.29 is 0 Å². The standard InChI is InChI=1S/C11H7BrN2O/c12-9-2-1-7-3-4-14-10(7)8(5-9)6-13-11(14)15/h1-6H,(H,13,15). The van der Waals surface area contributed by atoms with E-state index in [1.165, 1.54) is 0 Å². The molecule has 2 heterocycles. The molecule has 2 aromatic heterocycles. The molecule has 0 saturated heterocycles. The molecule has 15 heavy (non-hydrogen) atoms. The number of halogens is 1. The van der Waals surface area contributed by atoms with E-state index in [9.17, 15) is 4.79 Å². The predicted molar refractivity (Wildman–Crippen MR) is 64.0 cm³/mol. The molecule has 4 heteroatoms. The molecule has 0 radical (unpaired) electrons. The maximum Gasteiger partial charge on any atom is 0.330 e. The number of aromatic nitrogens is 2. The first-order valence-electron chi connectivity index (χ1n) is 4.54. The minimum atomic E-state index is -0.111. The normalized spacial score (nSPS) is 14.1. The van der Waals surface area contributed by atoms with Gasteiger partial charge < -0.3 is 4.98 Å². The minimum absolute atomic E-state index is 0.111. The Labute approximate surface area is 93.9 Å². The highest BCUT2D eigenvalue weighted by atomic mass is 79.9. The Morgan fingerprint density at radius 3 is 3.00 bits per heavy atom. The summed E-state index contributed by atoms with van der Waals surface area (Å²) < 4.78 is 2.62. The molecule has 3 rings (SSSR count). The third-order valence-electron chi connectivity index (χ3n) is 2.48. The Morgan fingerprint density at radius 1 is 1.27 bits per heavy atom. The van der Waals surface area contributed by atoms with Gasteiger partial charge in [-0.25, -0.2) is 4.79 Å². The zero-order chi connectivity index (χ0) is 10.4. The van der Waals surface area contributed by atoms with Crippen molar-refractivity contribution >= 4 is 33.6 Å². The van der Waals surface area contributed by atoms with Gasteiger partial charge in [-0.15, -0.1) is 0 Å². The molecule has 1 aliphatic carbocycles. The molecule has 0 aliphatic heterocycles. The number of rotatable bonds is 0. The van der Waals surface area contributed by atoms with Gasteiger partial charge in [0.25, 0.3) is 0 Å². The lowest BCUT2D eigenvalue weighted by Gasteiger charge is -1.99. The summed E-state index contributed by atoms with van der Waals surface area (Å²) in [7, 11) is 0. The van der Waals surface area contributed by atoms with E-state index >= 15 is 0 Å². The third-order valence-corrected chi connectivity index (χ3v) is 2.97. The van der Waals surface area contributed by atoms with Crippen LogP contribution in [-0.4, -0.2) is 9.38 Å². The quantitative estimate of drug-likeness (QED) is 0.778. The Morgan fingerprint density at radius 2 is 2.13 bits per heavy atom. The maximum absolute atomic E-state index is 11.5. The molecule has 74 valence electrons. The van der Waals surface area contributed by atoms with Gasteiger partial charge in [-0.1, -0.05) is 22.0 Å². The van der Waals surface area contributed by atoms with Crippen LogP contribution in [0.2, 0.25) is 0 Å². The zero-order valence-electron chi connectivity index (χ0n) is 7.70. The molecule has 1 aliphatic rings. The van der Waals surface area contributed by atoms with Crippen molar-refractivity contribution in [3.63, 3.8) is 0 Å². The predicted octanol–water partition coefficient (Wildman–Crippen LogP) is 2.39. The van der Waals surface area contributed by atoms with Gasteiger partial charge in [0.05, 0.1) is 5.52 Å². The summed E-state index contributed by atoms with van der Waals surface area (Å²) in [4.78, 5) is 14.2. The van der Waals surface area contributed by atoms with Crippen LogP contribution < -0.4 is 5.69 Å². The maximum atomic E-state index is 11.5. The van der Waals surface area contributed by atoms with Crippen molar-refractivity contribution in [3.8, 4) is 0 Å². The molecule has 1 N–H and O–H groups in total. The van der Waals surface area contributed by atoms with Crippen LogP contribution in [0.1, 0.15) is 11.1 Å². The first-order chi connectivity index (χ1) is 7.25. The van der Waals surface area contributed by atoms with Crippen LogP contribution in [0.5, 0.6) is 0 Å². The fraction of sp³-hybridized carbons (Fsp3) is 0. The molecule has 0 fully saturated rings. The molecule has 0 spiro atoms. The number of hydrogen-bond acceptors (Lipinski definition) is 1. The average molecular weight is 263 g/mol. The van der Waals surface area contributed by atoms with E-state index in [0.29, 0.717) is 0 Å². The highest BCUT2D eigenvalue weighted by Crippen LogP contribution is 2.25. The summed E-state index contributed by atoms with van der Waals surface area (Å²) in [6.45, 7) is 0. The van der Waals surface area contributed by atoms with E-state index in [1.807, 2.05) is 24.3 Å². The first-order valence-corrected chi connectivity index (χ1v) is 5.33. The van der Waals surface area contributed by atoms with Crippen molar-refractivity contribution in [2.75, 3.05) is 0 Å². The second-order valence-electron chi connectivity index (χ2n) is 3.40. The summed E-state index contributed by atoms with van der Waals surface area (Å²) in [6.07, 6.45) is 9.46. The van der Waals surface area contributed by atoms with E-state index in [1.54, 1.807) is 16.8 Å². The van der Waals surface area contributed by atoms with E-state index in [2.05, 4.69) is 20.9 Å². The van der Waals surface area contributed by atoms with Crippen molar-refractivity contribution in [1.29, 1.82) is 0 Å². The second kappa shape index (κ2) is 2.97. The lowest BCUT2D eigenvalue weighted by atomic mass is 10.2. The lowest BCUT2D eigenvalue weighted by molar-refractivity contribution is 1.01. The van der Waals surface area contributed by atoms with E-state index in [0.717, 1.165) is 21.1 Å². The summed E-state index contributed by atoms with van der Waals surface area (Å²) in [5.74, 6) is 0. The zero-order valence-corrected chi connectivity index (χ0v) is 9.28. The Kier molecular flexibility index (Phi) is 1.73. The van der Waals surface area contributed by atoms with Crippen LogP contribution in [0, 0.1) is 0 Å². The first kappa shape index (κ1) is 8.73. The molecule has 0 atom stereocenters. The van der Waals surface area contributed by atoms with Crippen molar-refractivity contribution in [3.05, 3.63) is 50.6 Å². The van der Waals surface area contributed by atoms with E-state index in [-0.39, 0.29) is 5.69 Å². The van der Waals surface area contributed by atoms with E-state index in [4.69, 9.17) is 0 Å². The van der Waals surface area contributed by atoms with Gasteiger partial charge in [-0.2, -0.15) is 0 Å². The number of nitrogens with one attached hydrogen (secondary N) is 1. The third kappa shape index (κ3) is 1.22. The van der Waals surface area contributed by atoms with Crippen molar-refractivity contribution in [1.82, 2.24) is 9.38 Å². The SMILES string of the molecule is O=c1[nH]cc2c3c(ccn13)C=CC(Br)=C2. The van der Waals surface area contributed by atoms with Gasteiger partial charge in [-0.3, -0.25) is 4.40 Å². The van der Waals surface area contributed by atoms with Crippen LogP contribution in [-0.2, 0) is 0 Å². The fourth-order valence-electron chi connectivity index (χ4n) is 1.81. The summed E-state index contributed by atoms with van der Waals surface area (Å²) in [5.41, 5.74) is 2.90. The van der Waals surface area contributed by atoms with Crippen LogP contribution in [0.4, 0.5) is 0 Å².